The van der Waals surface area contributed by atoms with Crippen molar-refractivity contribution >= 4 is 29.7 Å². The summed E-state index contributed by atoms with van der Waals surface area (Å²) in [4.78, 5) is 43.3. The number of ether oxygens (including phenoxy) is 1. The highest BCUT2D eigenvalue weighted by atomic mass is 16.6. The third-order valence-corrected chi connectivity index (χ3v) is 7.44. The van der Waals surface area contributed by atoms with Gasteiger partial charge in [-0.2, -0.15) is 0 Å². The number of anilines is 1. The molecule has 0 radical (unpaired) electrons. The van der Waals surface area contributed by atoms with E-state index < -0.39 is 23.8 Å². The second-order valence-corrected chi connectivity index (χ2v) is 12.1. The van der Waals surface area contributed by atoms with Crippen molar-refractivity contribution in [1.29, 1.82) is 0 Å². The first-order valence-corrected chi connectivity index (χ1v) is 15.2. The van der Waals surface area contributed by atoms with Gasteiger partial charge >= 0.3 is 6.09 Å². The van der Waals surface area contributed by atoms with E-state index in [1.165, 1.54) is 0 Å². The van der Waals surface area contributed by atoms with Gasteiger partial charge in [0, 0.05) is 12.2 Å². The summed E-state index contributed by atoms with van der Waals surface area (Å²) in [5, 5.41) is 5.98. The number of para-hydroxylation sites is 1. The number of nitrogens with zero attached hydrogens (tertiary/aromatic N) is 1. The summed E-state index contributed by atoms with van der Waals surface area (Å²) in [5.74, 6) is -0.806. The maximum absolute atomic E-state index is 14.5. The molecule has 0 bridgehead atoms. The minimum atomic E-state index is -0.926. The lowest BCUT2D eigenvalue weighted by molar-refractivity contribution is -0.142. The molecule has 3 amide bonds. The van der Waals surface area contributed by atoms with Crippen molar-refractivity contribution in [3.05, 3.63) is 71.3 Å². The first kappa shape index (κ1) is 34.6. The van der Waals surface area contributed by atoms with E-state index in [1.807, 2.05) is 70.2 Å². The van der Waals surface area contributed by atoms with Gasteiger partial charge in [0.05, 0.1) is 0 Å². The molecule has 2 aromatic rings. The van der Waals surface area contributed by atoms with Gasteiger partial charge in [0.15, 0.2) is 0 Å². The molecule has 2 rings (SSSR count). The lowest BCUT2D eigenvalue weighted by Crippen LogP contribution is -2.55. The lowest BCUT2D eigenvalue weighted by Gasteiger charge is -2.36. The topological polar surface area (TPSA) is 87.7 Å². The highest BCUT2D eigenvalue weighted by Gasteiger charge is 2.38. The number of amides is 3. The van der Waals surface area contributed by atoms with Gasteiger partial charge in [-0.15, -0.1) is 0 Å². The van der Waals surface area contributed by atoms with E-state index in [2.05, 4.69) is 24.1 Å². The Labute approximate surface area is 253 Å². The zero-order valence-corrected chi connectivity index (χ0v) is 26.9. The summed E-state index contributed by atoms with van der Waals surface area (Å²) in [6.45, 7) is 19.6. The predicted octanol–water partition coefficient (Wildman–Crippen LogP) is 7.97. The SMILES string of the molecule is C=Cc1cccc(C(C(=O)Nc2c(C)cccc2C)N(CCCCCC)C(=O)C(NC(=O)OC(C)(C)C)C(C)CC)c1. The molecule has 0 aliphatic heterocycles. The molecule has 0 aliphatic rings. The van der Waals surface area contributed by atoms with Crippen molar-refractivity contribution in [1.82, 2.24) is 10.2 Å². The van der Waals surface area contributed by atoms with Gasteiger partial charge in [0.1, 0.15) is 17.7 Å². The van der Waals surface area contributed by atoms with E-state index in [0.717, 1.165) is 48.1 Å². The van der Waals surface area contributed by atoms with Crippen LogP contribution in [0.2, 0.25) is 0 Å². The van der Waals surface area contributed by atoms with Gasteiger partial charge < -0.3 is 20.3 Å². The van der Waals surface area contributed by atoms with Crippen molar-refractivity contribution in [3.63, 3.8) is 0 Å². The standard InChI is InChI=1S/C35H51N3O4/c1-10-13-14-15-22-38(33(40)30(24(4)11-2)37-34(41)42-35(7,8)9)31(28-21-17-20-27(12-3)23-28)32(39)36-29-25(5)18-16-19-26(29)6/h12,16-21,23-24,30-31H,3,10-11,13-15,22H2,1-2,4-9H3,(H,36,39)(H,37,41). The quantitative estimate of drug-likeness (QED) is 0.223. The van der Waals surface area contributed by atoms with Crippen LogP contribution in [-0.2, 0) is 14.3 Å². The molecule has 0 heterocycles. The molecule has 230 valence electrons. The molecular formula is C35H51N3O4. The van der Waals surface area contributed by atoms with Gasteiger partial charge in [-0.25, -0.2) is 4.79 Å². The molecule has 0 aliphatic carbocycles. The number of rotatable bonds is 14. The molecule has 42 heavy (non-hydrogen) atoms. The van der Waals surface area contributed by atoms with Crippen molar-refractivity contribution in [2.45, 2.75) is 105 Å². The molecule has 7 nitrogen and oxygen atoms in total. The van der Waals surface area contributed by atoms with Gasteiger partial charge in [-0.3, -0.25) is 9.59 Å². The van der Waals surface area contributed by atoms with Gasteiger partial charge in [0.2, 0.25) is 5.91 Å². The maximum Gasteiger partial charge on any atom is 0.408 e. The van der Waals surface area contributed by atoms with E-state index >= 15 is 0 Å². The highest BCUT2D eigenvalue weighted by molar-refractivity contribution is 6.00. The normalized spacial score (nSPS) is 13.4. The van der Waals surface area contributed by atoms with Crippen molar-refractivity contribution < 1.29 is 19.1 Å². The van der Waals surface area contributed by atoms with E-state index in [0.29, 0.717) is 18.5 Å². The highest BCUT2D eigenvalue weighted by Crippen LogP contribution is 2.29. The van der Waals surface area contributed by atoms with E-state index in [4.69, 9.17) is 4.74 Å². The van der Waals surface area contributed by atoms with Gasteiger partial charge in [-0.1, -0.05) is 95.5 Å². The van der Waals surface area contributed by atoms with Crippen LogP contribution in [0.4, 0.5) is 10.5 Å². The van der Waals surface area contributed by atoms with Crippen LogP contribution in [0.3, 0.4) is 0 Å². The van der Waals surface area contributed by atoms with Crippen LogP contribution in [0.15, 0.2) is 49.0 Å². The summed E-state index contributed by atoms with van der Waals surface area (Å²) in [7, 11) is 0. The molecule has 0 spiro atoms. The fraction of sp³-hybridized carbons (Fsp3) is 0.514. The zero-order chi connectivity index (χ0) is 31.4. The number of hydrogen-bond acceptors (Lipinski definition) is 4. The third-order valence-electron chi connectivity index (χ3n) is 7.44. The lowest BCUT2D eigenvalue weighted by atomic mass is 9.94. The molecule has 0 saturated carbocycles. The Kier molecular flexibility index (Phi) is 13.3. The summed E-state index contributed by atoms with van der Waals surface area (Å²) in [6, 6.07) is 11.6. The summed E-state index contributed by atoms with van der Waals surface area (Å²) >= 11 is 0. The number of benzene rings is 2. The largest absolute Gasteiger partial charge is 0.444 e. The second kappa shape index (κ2) is 16.1. The van der Waals surface area contributed by atoms with Gasteiger partial charge in [0.25, 0.3) is 5.91 Å². The van der Waals surface area contributed by atoms with Crippen LogP contribution in [0.5, 0.6) is 0 Å². The number of carbonyl (C=O) groups is 3. The van der Waals surface area contributed by atoms with Crippen molar-refractivity contribution in [3.8, 4) is 0 Å². The van der Waals surface area contributed by atoms with Crippen LogP contribution in [0.1, 0.15) is 102 Å². The molecule has 0 saturated heterocycles. The third kappa shape index (κ3) is 10.0. The first-order chi connectivity index (χ1) is 19.8. The zero-order valence-electron chi connectivity index (χ0n) is 26.9. The molecule has 2 N–H and O–H groups in total. The Morgan fingerprint density at radius 1 is 1.00 bits per heavy atom. The fourth-order valence-electron chi connectivity index (χ4n) is 4.90. The van der Waals surface area contributed by atoms with Crippen LogP contribution < -0.4 is 10.6 Å². The fourth-order valence-corrected chi connectivity index (χ4v) is 4.90. The van der Waals surface area contributed by atoms with E-state index in [1.54, 1.807) is 31.7 Å². The smallest absolute Gasteiger partial charge is 0.408 e. The van der Waals surface area contributed by atoms with Crippen molar-refractivity contribution in [2.75, 3.05) is 11.9 Å². The van der Waals surface area contributed by atoms with E-state index in [9.17, 15) is 14.4 Å². The Balaban J connectivity index is 2.64. The average molecular weight is 578 g/mol. The number of unbranched alkanes of at least 4 members (excludes halogenated alkanes) is 3. The molecule has 0 aromatic heterocycles. The Morgan fingerprint density at radius 3 is 2.21 bits per heavy atom. The van der Waals surface area contributed by atoms with Crippen LogP contribution in [-0.4, -0.2) is 41.0 Å². The summed E-state index contributed by atoms with van der Waals surface area (Å²) in [6.07, 6.45) is 5.45. The molecule has 7 heteroatoms. The Morgan fingerprint density at radius 2 is 1.64 bits per heavy atom. The maximum atomic E-state index is 14.5. The average Bonchev–Trinajstić information content (AvgIpc) is 2.93. The molecule has 0 fully saturated rings. The molecule has 3 atom stereocenters. The van der Waals surface area contributed by atoms with E-state index in [-0.39, 0.29) is 17.7 Å². The molecule has 2 aromatic carbocycles. The van der Waals surface area contributed by atoms with Gasteiger partial charge in [-0.05, 0) is 75.3 Å². The second-order valence-electron chi connectivity index (χ2n) is 12.1. The van der Waals surface area contributed by atoms with Crippen LogP contribution in [0.25, 0.3) is 6.08 Å². The van der Waals surface area contributed by atoms with Crippen molar-refractivity contribution in [2.24, 2.45) is 5.92 Å². The van der Waals surface area contributed by atoms with Crippen LogP contribution in [0, 0.1) is 19.8 Å². The first-order valence-electron chi connectivity index (χ1n) is 15.2. The molecular weight excluding hydrogens is 526 g/mol. The Hall–Kier alpha value is -3.61. The number of nitrogens with one attached hydrogen (secondary N) is 2. The summed E-state index contributed by atoms with van der Waals surface area (Å²) < 4.78 is 5.52. The number of carbonyl (C=O) groups excluding carboxylic acids is 3. The number of alkyl carbamates (subject to hydrolysis) is 1. The van der Waals surface area contributed by atoms with Crippen LogP contribution >= 0.6 is 0 Å². The Bertz CT molecular complexity index is 1200. The summed E-state index contributed by atoms with van der Waals surface area (Å²) in [5.41, 5.74) is 3.42. The predicted molar refractivity (Wildman–Crippen MR) is 172 cm³/mol. The minimum absolute atomic E-state index is 0.190. The molecule has 3 unspecified atom stereocenters. The number of hydrogen-bond donors (Lipinski definition) is 2. The number of aryl methyl sites for hydroxylation is 2. The minimum Gasteiger partial charge on any atom is -0.444 e. The monoisotopic (exact) mass is 577 g/mol.